The lowest BCUT2D eigenvalue weighted by Gasteiger charge is -2.26. The summed E-state index contributed by atoms with van der Waals surface area (Å²) in [7, 11) is 0. The molecule has 1 fully saturated rings. The summed E-state index contributed by atoms with van der Waals surface area (Å²) in [5.41, 5.74) is 6.32. The van der Waals surface area contributed by atoms with Gasteiger partial charge in [0, 0.05) is 35.6 Å². The first-order valence-corrected chi connectivity index (χ1v) is 13.9. The zero-order valence-electron chi connectivity index (χ0n) is 23.6. The van der Waals surface area contributed by atoms with E-state index in [0.29, 0.717) is 27.9 Å². The number of anilines is 2. The normalized spacial score (nSPS) is 13.3. The first-order valence-electron chi connectivity index (χ1n) is 13.9. The maximum atomic E-state index is 15.7. The zero-order chi connectivity index (χ0) is 31.7. The molecule has 6 rings (SSSR count). The average Bonchev–Trinajstić information content (AvgIpc) is 3.75. The number of nitrogens with two attached hydrogens (primary N) is 1. The molecule has 1 saturated carbocycles. The molecule has 3 amide bonds. The van der Waals surface area contributed by atoms with Gasteiger partial charge in [-0.3, -0.25) is 24.4 Å². The Kier molecular flexibility index (Phi) is 7.69. The highest BCUT2D eigenvalue weighted by atomic mass is 19.1. The van der Waals surface area contributed by atoms with Crippen LogP contribution in [0.3, 0.4) is 0 Å². The number of carbonyl (C=O) groups excluding carboxylic acids is 3. The van der Waals surface area contributed by atoms with E-state index in [4.69, 9.17) is 15.6 Å². The number of pyridine rings is 1. The van der Waals surface area contributed by atoms with E-state index in [-0.39, 0.29) is 54.8 Å². The number of H-pyrrole nitrogens is 1. The van der Waals surface area contributed by atoms with Gasteiger partial charge in [-0.25, -0.2) is 13.8 Å². The molecule has 5 aromatic rings. The number of amides is 3. The Bertz CT molecular complexity index is 1920. The highest BCUT2D eigenvalue weighted by Crippen LogP contribution is 2.49. The predicted molar refractivity (Wildman–Crippen MR) is 160 cm³/mol. The van der Waals surface area contributed by atoms with E-state index in [9.17, 15) is 18.8 Å². The number of hydrogen-bond donors (Lipinski definition) is 4. The SMILES string of the molecule is NC(=O)C1(C(=O)N(c2ccc(F)cc2)c2ccc(Oc3ccnc4n[nH]c(-c5ccc(C(=O)NCCO)cc5)c34)c(F)c2)CC1. The molecule has 228 valence electrons. The van der Waals surface area contributed by atoms with Crippen LogP contribution in [0.25, 0.3) is 22.3 Å². The first-order chi connectivity index (χ1) is 21.7. The third kappa shape index (κ3) is 5.56. The van der Waals surface area contributed by atoms with Gasteiger partial charge in [-0.15, -0.1) is 0 Å². The molecule has 0 saturated heterocycles. The van der Waals surface area contributed by atoms with Crippen LogP contribution in [0.15, 0.2) is 79.0 Å². The molecular formula is C32H26F2N6O5. The second-order valence-electron chi connectivity index (χ2n) is 10.4. The van der Waals surface area contributed by atoms with Crippen molar-refractivity contribution in [2.24, 2.45) is 11.1 Å². The van der Waals surface area contributed by atoms with Gasteiger partial charge in [0.25, 0.3) is 5.91 Å². The smallest absolute Gasteiger partial charge is 0.251 e. The van der Waals surface area contributed by atoms with Crippen LogP contribution in [-0.4, -0.2) is 51.2 Å². The Morgan fingerprint density at radius 1 is 0.978 bits per heavy atom. The third-order valence-electron chi connectivity index (χ3n) is 7.56. The Hall–Kier alpha value is -5.69. The van der Waals surface area contributed by atoms with Crippen LogP contribution in [-0.2, 0) is 9.59 Å². The lowest BCUT2D eigenvalue weighted by molar-refractivity contribution is -0.133. The van der Waals surface area contributed by atoms with Gasteiger partial charge >= 0.3 is 0 Å². The standard InChI is InChI=1S/C32H26F2N6O5/c33-20-5-7-21(8-6-20)40(31(44)32(12-13-32)30(35)43)22-9-10-24(23(34)17-22)45-25-11-14-36-28-26(25)27(38-39-28)18-1-3-19(4-2-18)29(42)37-15-16-41/h1-11,14,17,41H,12-13,15-16H2,(H2,35,43)(H,37,42)(H,36,38,39). The number of primary amides is 1. The minimum absolute atomic E-state index is 0.0935. The maximum Gasteiger partial charge on any atom is 0.251 e. The van der Waals surface area contributed by atoms with Crippen LogP contribution < -0.4 is 20.7 Å². The van der Waals surface area contributed by atoms with Crippen molar-refractivity contribution in [1.29, 1.82) is 0 Å². The molecule has 0 bridgehead atoms. The molecule has 0 atom stereocenters. The summed E-state index contributed by atoms with van der Waals surface area (Å²) >= 11 is 0. The van der Waals surface area contributed by atoms with Gasteiger partial charge in [0.1, 0.15) is 17.0 Å². The summed E-state index contributed by atoms with van der Waals surface area (Å²) in [5, 5.41) is 19.1. The second kappa shape index (κ2) is 11.8. The monoisotopic (exact) mass is 612 g/mol. The average molecular weight is 613 g/mol. The van der Waals surface area contributed by atoms with Gasteiger partial charge in [0.05, 0.1) is 23.4 Å². The summed E-state index contributed by atoms with van der Waals surface area (Å²) in [4.78, 5) is 43.3. The molecule has 0 spiro atoms. The van der Waals surface area contributed by atoms with Gasteiger partial charge in [0.2, 0.25) is 11.8 Å². The van der Waals surface area contributed by atoms with E-state index in [1.807, 2.05) is 0 Å². The largest absolute Gasteiger partial charge is 0.453 e. The molecule has 13 heteroatoms. The number of ether oxygens (including phenoxy) is 1. The molecule has 2 aromatic heterocycles. The number of nitrogens with one attached hydrogen (secondary N) is 2. The van der Waals surface area contributed by atoms with Gasteiger partial charge in [0.15, 0.2) is 17.2 Å². The number of aromatic nitrogens is 3. The van der Waals surface area contributed by atoms with Crippen molar-refractivity contribution in [2.75, 3.05) is 18.1 Å². The molecule has 0 unspecified atom stereocenters. The van der Waals surface area contributed by atoms with Gasteiger partial charge in [-0.05, 0) is 67.4 Å². The predicted octanol–water partition coefficient (Wildman–Crippen LogP) is 4.35. The number of aromatic amines is 1. The van der Waals surface area contributed by atoms with E-state index >= 15 is 4.39 Å². The van der Waals surface area contributed by atoms with E-state index in [1.165, 1.54) is 30.5 Å². The van der Waals surface area contributed by atoms with Crippen LogP contribution in [0.4, 0.5) is 20.2 Å². The molecule has 1 aliphatic carbocycles. The van der Waals surface area contributed by atoms with Gasteiger partial charge < -0.3 is 20.9 Å². The molecule has 1 aliphatic rings. The number of hydrogen-bond acceptors (Lipinski definition) is 7. The highest BCUT2D eigenvalue weighted by Gasteiger charge is 2.57. The molecule has 11 nitrogen and oxygen atoms in total. The van der Waals surface area contributed by atoms with Crippen molar-refractivity contribution in [3.8, 4) is 22.8 Å². The number of rotatable bonds is 10. The van der Waals surface area contributed by atoms with E-state index in [1.54, 1.807) is 30.3 Å². The van der Waals surface area contributed by atoms with Crippen LogP contribution in [0.2, 0.25) is 0 Å². The van der Waals surface area contributed by atoms with Crippen LogP contribution in [0.1, 0.15) is 23.2 Å². The third-order valence-corrected chi connectivity index (χ3v) is 7.56. The molecule has 0 radical (unpaired) electrons. The quantitative estimate of drug-likeness (QED) is 0.170. The van der Waals surface area contributed by atoms with Crippen molar-refractivity contribution in [3.63, 3.8) is 0 Å². The number of nitrogens with zero attached hydrogens (tertiary/aromatic N) is 3. The van der Waals surface area contributed by atoms with Crippen molar-refractivity contribution < 1.29 is 33.0 Å². The minimum Gasteiger partial charge on any atom is -0.453 e. The number of benzene rings is 3. The van der Waals surface area contributed by atoms with Crippen LogP contribution in [0.5, 0.6) is 11.5 Å². The van der Waals surface area contributed by atoms with Crippen molar-refractivity contribution >= 4 is 40.1 Å². The van der Waals surface area contributed by atoms with Gasteiger partial charge in [-0.2, -0.15) is 5.10 Å². The lowest BCUT2D eigenvalue weighted by Crippen LogP contribution is -2.41. The highest BCUT2D eigenvalue weighted by molar-refractivity contribution is 6.16. The fourth-order valence-corrected chi connectivity index (χ4v) is 4.98. The zero-order valence-corrected chi connectivity index (χ0v) is 23.6. The molecule has 2 heterocycles. The number of aliphatic hydroxyl groups excluding tert-OH is 1. The van der Waals surface area contributed by atoms with Crippen LogP contribution >= 0.6 is 0 Å². The first kappa shape index (κ1) is 29.4. The Labute approximate surface area is 254 Å². The number of aliphatic hydroxyl groups is 1. The Morgan fingerprint density at radius 2 is 1.69 bits per heavy atom. The lowest BCUT2D eigenvalue weighted by atomic mass is 10.0. The van der Waals surface area contributed by atoms with Crippen molar-refractivity contribution in [3.05, 3.63) is 96.2 Å². The van der Waals surface area contributed by atoms with Crippen molar-refractivity contribution in [1.82, 2.24) is 20.5 Å². The summed E-state index contributed by atoms with van der Waals surface area (Å²) in [6, 6.07) is 17.1. The molecule has 45 heavy (non-hydrogen) atoms. The van der Waals surface area contributed by atoms with E-state index < -0.39 is 28.9 Å². The summed E-state index contributed by atoms with van der Waals surface area (Å²) < 4.78 is 35.3. The maximum absolute atomic E-state index is 15.7. The number of fused-ring (bicyclic) bond motifs is 1. The molecule has 0 aliphatic heterocycles. The minimum atomic E-state index is -1.41. The van der Waals surface area contributed by atoms with E-state index in [0.717, 1.165) is 23.1 Å². The second-order valence-corrected chi connectivity index (χ2v) is 10.4. The fourth-order valence-electron chi connectivity index (χ4n) is 4.98. The summed E-state index contributed by atoms with van der Waals surface area (Å²) in [6.45, 7) is -0.0475. The topological polar surface area (TPSA) is 164 Å². The fraction of sp³-hybridized carbons (Fsp3) is 0.156. The number of halogens is 2. The Morgan fingerprint density at radius 3 is 2.33 bits per heavy atom. The molecule has 5 N–H and O–H groups in total. The molecular weight excluding hydrogens is 586 g/mol. The van der Waals surface area contributed by atoms with E-state index in [2.05, 4.69) is 20.5 Å². The van der Waals surface area contributed by atoms with Crippen LogP contribution in [0, 0.1) is 17.0 Å². The number of carbonyl (C=O) groups is 3. The molecule has 3 aromatic carbocycles. The Balaban J connectivity index is 1.32. The van der Waals surface area contributed by atoms with Crippen molar-refractivity contribution in [2.45, 2.75) is 12.8 Å². The summed E-state index contributed by atoms with van der Waals surface area (Å²) in [5.74, 6) is -3.03. The summed E-state index contributed by atoms with van der Waals surface area (Å²) in [6.07, 6.45) is 1.97. The van der Waals surface area contributed by atoms with Gasteiger partial charge in [-0.1, -0.05) is 12.1 Å².